The first-order chi connectivity index (χ1) is 15.1. The average Bonchev–Trinajstić information content (AvgIpc) is 3.39. The Morgan fingerprint density at radius 3 is 2.44 bits per heavy atom. The van der Waals surface area contributed by atoms with Crippen molar-refractivity contribution < 1.29 is 21.6 Å². The van der Waals surface area contributed by atoms with E-state index >= 15 is 0 Å². The third-order valence-corrected chi connectivity index (χ3v) is 5.78. The van der Waals surface area contributed by atoms with Crippen LogP contribution in [0.25, 0.3) is 9.69 Å². The standard InChI is InChI=1S/C18H17F3N8O2S/c1-4-29-16(23-3)15(22-2)24-17(29)26-25-13-8-7-12(28-9-5-6-10-28)11-14(13)27-32(30,31)18(19,20)21/h7-8,11,27H,4-6,9-10H2,1H3. The molecule has 0 aliphatic carbocycles. The Kier molecular flexibility index (Phi) is 6.36. The van der Waals surface area contributed by atoms with Gasteiger partial charge in [0.15, 0.2) is 0 Å². The molecule has 0 bridgehead atoms. The minimum atomic E-state index is -5.69. The molecule has 0 saturated carbocycles. The lowest BCUT2D eigenvalue weighted by Crippen LogP contribution is -2.30. The van der Waals surface area contributed by atoms with Crippen LogP contribution in [-0.2, 0) is 16.6 Å². The van der Waals surface area contributed by atoms with Crippen LogP contribution in [0.3, 0.4) is 0 Å². The summed E-state index contributed by atoms with van der Waals surface area (Å²) in [5, 5.41) is 7.73. The highest BCUT2D eigenvalue weighted by Crippen LogP contribution is 2.37. The van der Waals surface area contributed by atoms with Crippen LogP contribution < -0.4 is 9.62 Å². The molecule has 168 valence electrons. The van der Waals surface area contributed by atoms with Crippen molar-refractivity contribution in [3.8, 4) is 0 Å². The molecule has 0 spiro atoms. The summed E-state index contributed by atoms with van der Waals surface area (Å²) >= 11 is 0. The Hall–Kier alpha value is -3.65. The number of azo groups is 1. The van der Waals surface area contributed by atoms with E-state index in [1.54, 1.807) is 13.0 Å². The van der Waals surface area contributed by atoms with Crippen LogP contribution in [0.1, 0.15) is 19.8 Å². The van der Waals surface area contributed by atoms with E-state index in [1.165, 1.54) is 21.4 Å². The topological polar surface area (TPSA) is 101 Å². The first-order valence-corrected chi connectivity index (χ1v) is 10.8. The Morgan fingerprint density at radius 1 is 1.19 bits per heavy atom. The van der Waals surface area contributed by atoms with Crippen molar-refractivity contribution in [3.05, 3.63) is 41.0 Å². The zero-order valence-electron chi connectivity index (χ0n) is 16.8. The summed E-state index contributed by atoms with van der Waals surface area (Å²) in [6.45, 7) is 17.6. The Morgan fingerprint density at radius 2 is 1.88 bits per heavy atom. The molecule has 1 aromatic heterocycles. The SMILES string of the molecule is [C-]#[N+]c1nc(N=Nc2ccc(N3CCCC3)cc2NS(=O)(=O)C(F)(F)F)n(CC)c1[N+]#[C-]. The van der Waals surface area contributed by atoms with E-state index in [1.807, 2.05) is 4.90 Å². The normalized spacial score (nSPS) is 14.5. The first kappa shape index (κ1) is 23.0. The van der Waals surface area contributed by atoms with Gasteiger partial charge in [-0.1, -0.05) is 23.2 Å². The van der Waals surface area contributed by atoms with Crippen molar-refractivity contribution in [2.45, 2.75) is 31.8 Å². The summed E-state index contributed by atoms with van der Waals surface area (Å²) in [5.74, 6) is -0.324. The number of aromatic nitrogens is 2. The number of alkyl halides is 3. The van der Waals surface area contributed by atoms with E-state index in [-0.39, 0.29) is 29.8 Å². The minimum absolute atomic E-state index is 0.0428. The predicted molar refractivity (Wildman–Crippen MR) is 111 cm³/mol. The maximum atomic E-state index is 12.9. The Balaban J connectivity index is 2.05. The summed E-state index contributed by atoms with van der Waals surface area (Å²) in [6, 6.07) is 4.22. The van der Waals surface area contributed by atoms with Crippen molar-refractivity contribution >= 4 is 44.7 Å². The van der Waals surface area contributed by atoms with Gasteiger partial charge < -0.3 is 14.6 Å². The van der Waals surface area contributed by atoms with Crippen LogP contribution in [0.15, 0.2) is 28.4 Å². The fraction of sp³-hybridized carbons (Fsp3) is 0.389. The van der Waals surface area contributed by atoms with Crippen LogP contribution in [0, 0.1) is 13.1 Å². The van der Waals surface area contributed by atoms with Gasteiger partial charge in [-0.05, 0) is 38.0 Å². The van der Waals surface area contributed by atoms with Crippen LogP contribution in [0.2, 0.25) is 0 Å². The number of nitrogens with zero attached hydrogens (tertiary/aromatic N) is 7. The van der Waals surface area contributed by atoms with Gasteiger partial charge in [-0.2, -0.15) is 21.6 Å². The molecular formula is C18H17F3N8O2S. The number of benzene rings is 1. The molecule has 0 amide bonds. The quantitative estimate of drug-likeness (QED) is 0.462. The van der Waals surface area contributed by atoms with Gasteiger partial charge >= 0.3 is 21.5 Å². The summed E-state index contributed by atoms with van der Waals surface area (Å²) in [6.07, 6.45) is 1.83. The number of hydrogen-bond acceptors (Lipinski definition) is 6. The molecule has 32 heavy (non-hydrogen) atoms. The van der Waals surface area contributed by atoms with E-state index in [0.29, 0.717) is 18.8 Å². The summed E-state index contributed by atoms with van der Waals surface area (Å²) in [5.41, 5.74) is -5.55. The average molecular weight is 466 g/mol. The molecule has 10 nitrogen and oxygen atoms in total. The molecule has 1 aliphatic heterocycles. The molecule has 1 N–H and O–H groups in total. The molecule has 1 aliphatic rings. The van der Waals surface area contributed by atoms with E-state index in [4.69, 9.17) is 13.1 Å². The lowest BCUT2D eigenvalue weighted by molar-refractivity contribution is -0.0429. The maximum absolute atomic E-state index is 12.9. The van der Waals surface area contributed by atoms with Crippen molar-refractivity contribution in [3.63, 3.8) is 0 Å². The highest BCUT2D eigenvalue weighted by molar-refractivity contribution is 7.93. The van der Waals surface area contributed by atoms with Gasteiger partial charge in [0, 0.05) is 18.8 Å². The van der Waals surface area contributed by atoms with Gasteiger partial charge in [-0.15, -0.1) is 5.11 Å². The summed E-state index contributed by atoms with van der Waals surface area (Å²) < 4.78 is 65.1. The molecule has 0 unspecified atom stereocenters. The van der Waals surface area contributed by atoms with E-state index < -0.39 is 21.2 Å². The van der Waals surface area contributed by atoms with Crippen molar-refractivity contribution in [2.75, 3.05) is 22.7 Å². The van der Waals surface area contributed by atoms with E-state index in [0.717, 1.165) is 12.8 Å². The molecule has 0 radical (unpaired) electrons. The zero-order valence-corrected chi connectivity index (χ0v) is 17.6. The maximum Gasteiger partial charge on any atom is 0.516 e. The highest BCUT2D eigenvalue weighted by atomic mass is 32.2. The number of rotatable bonds is 6. The number of anilines is 2. The van der Waals surface area contributed by atoms with Crippen molar-refractivity contribution in [1.82, 2.24) is 9.55 Å². The molecule has 2 heterocycles. The minimum Gasteiger partial charge on any atom is -0.373 e. The number of imidazole rings is 1. The third-order valence-electron chi connectivity index (χ3n) is 4.68. The molecule has 0 atom stereocenters. The Bertz CT molecular complexity index is 1230. The van der Waals surface area contributed by atoms with Gasteiger partial charge in [0.2, 0.25) is 0 Å². The lowest BCUT2D eigenvalue weighted by atomic mass is 10.2. The number of sulfonamides is 1. The van der Waals surface area contributed by atoms with Crippen molar-refractivity contribution in [2.24, 2.45) is 10.2 Å². The second-order valence-electron chi connectivity index (χ2n) is 6.67. The number of nitrogens with one attached hydrogen (secondary N) is 1. The van der Waals surface area contributed by atoms with Gasteiger partial charge in [-0.3, -0.25) is 4.72 Å². The largest absolute Gasteiger partial charge is 0.516 e. The van der Waals surface area contributed by atoms with Gasteiger partial charge in [-0.25, -0.2) is 4.57 Å². The second kappa shape index (κ2) is 8.84. The van der Waals surface area contributed by atoms with Gasteiger partial charge in [0.1, 0.15) is 5.69 Å². The van der Waals surface area contributed by atoms with Crippen molar-refractivity contribution in [1.29, 1.82) is 0 Å². The molecule has 2 aromatic rings. The van der Waals surface area contributed by atoms with Crippen LogP contribution in [0.4, 0.5) is 47.8 Å². The van der Waals surface area contributed by atoms with Gasteiger partial charge in [0.25, 0.3) is 11.6 Å². The molecule has 3 rings (SSSR count). The summed E-state index contributed by atoms with van der Waals surface area (Å²) in [4.78, 5) is 12.2. The van der Waals surface area contributed by atoms with Gasteiger partial charge in [0.05, 0.1) is 12.2 Å². The number of halogens is 3. The van der Waals surface area contributed by atoms with Crippen LogP contribution in [-0.4, -0.2) is 36.6 Å². The predicted octanol–water partition coefficient (Wildman–Crippen LogP) is 5.28. The Labute approximate surface area is 182 Å². The zero-order chi connectivity index (χ0) is 23.5. The second-order valence-corrected chi connectivity index (χ2v) is 8.35. The van der Waals surface area contributed by atoms with Crippen LogP contribution in [0.5, 0.6) is 0 Å². The summed E-state index contributed by atoms with van der Waals surface area (Å²) in [7, 11) is -5.69. The first-order valence-electron chi connectivity index (χ1n) is 9.36. The fourth-order valence-corrected chi connectivity index (χ4v) is 3.71. The van der Waals surface area contributed by atoms with E-state index in [2.05, 4.69) is 24.9 Å². The van der Waals surface area contributed by atoms with Crippen LogP contribution >= 0.6 is 0 Å². The highest BCUT2D eigenvalue weighted by Gasteiger charge is 2.46. The smallest absolute Gasteiger partial charge is 0.373 e. The fourth-order valence-electron chi connectivity index (χ4n) is 3.14. The molecule has 1 saturated heterocycles. The third kappa shape index (κ3) is 4.50. The lowest BCUT2D eigenvalue weighted by Gasteiger charge is -2.19. The molecular weight excluding hydrogens is 449 g/mol. The monoisotopic (exact) mass is 466 g/mol. The molecule has 1 aromatic carbocycles. The number of hydrogen-bond donors (Lipinski definition) is 1. The molecule has 14 heteroatoms. The van der Waals surface area contributed by atoms with E-state index in [9.17, 15) is 21.6 Å². The molecule has 1 fully saturated rings.